The van der Waals surface area contributed by atoms with Crippen LogP contribution in [0, 0.1) is 0 Å². The van der Waals surface area contributed by atoms with E-state index in [1.54, 1.807) is 32.2 Å². The Balaban J connectivity index is 1.30. The zero-order valence-corrected chi connectivity index (χ0v) is 18.0. The molecule has 30 heavy (non-hydrogen) atoms. The lowest BCUT2D eigenvalue weighted by Gasteiger charge is -2.31. The molecule has 3 aromatic rings. The summed E-state index contributed by atoms with van der Waals surface area (Å²) < 4.78 is 11.3. The largest absolute Gasteiger partial charge is 0.493 e. The summed E-state index contributed by atoms with van der Waals surface area (Å²) in [5.41, 5.74) is 2.76. The summed E-state index contributed by atoms with van der Waals surface area (Å²) in [6, 6.07) is 11.2. The van der Waals surface area contributed by atoms with Gasteiger partial charge in [-0.25, -0.2) is 0 Å². The number of carbonyl (C=O) groups is 1. The highest BCUT2D eigenvalue weighted by Crippen LogP contribution is 2.32. The molecule has 1 saturated heterocycles. The summed E-state index contributed by atoms with van der Waals surface area (Å²) in [7, 11) is 1.59. The molecule has 1 aromatic heterocycles. The number of hydrogen-bond acceptors (Lipinski definition) is 5. The fourth-order valence-corrected chi connectivity index (χ4v) is 4.22. The van der Waals surface area contributed by atoms with Gasteiger partial charge in [0.15, 0.2) is 17.3 Å². The molecule has 0 unspecified atom stereocenters. The number of H-pyrrole nitrogens is 1. The van der Waals surface area contributed by atoms with Crippen LogP contribution < -0.4 is 9.47 Å². The molecule has 0 bridgehead atoms. The van der Waals surface area contributed by atoms with Crippen LogP contribution in [0.3, 0.4) is 0 Å². The summed E-state index contributed by atoms with van der Waals surface area (Å²) in [6.07, 6.45) is 2.16. The van der Waals surface area contributed by atoms with Crippen LogP contribution in [0.1, 0.15) is 41.7 Å². The van der Waals surface area contributed by atoms with Crippen LogP contribution >= 0.6 is 11.6 Å². The van der Waals surface area contributed by atoms with Crippen molar-refractivity contribution in [2.75, 3.05) is 33.4 Å². The molecule has 0 spiro atoms. The molecular weight excluding hydrogens is 402 g/mol. The predicted molar refractivity (Wildman–Crippen MR) is 118 cm³/mol. The summed E-state index contributed by atoms with van der Waals surface area (Å²) in [6.45, 7) is 5.00. The zero-order chi connectivity index (χ0) is 21.1. The van der Waals surface area contributed by atoms with Crippen LogP contribution in [0.25, 0.3) is 10.9 Å². The van der Waals surface area contributed by atoms with Gasteiger partial charge in [-0.2, -0.15) is 5.10 Å². The molecule has 0 atom stereocenters. The number of hydrogen-bond donors (Lipinski definition) is 1. The number of rotatable bonds is 7. The van der Waals surface area contributed by atoms with Crippen LogP contribution in [-0.4, -0.2) is 54.2 Å². The number of methoxy groups -OCH3 is 1. The van der Waals surface area contributed by atoms with E-state index in [4.69, 9.17) is 21.1 Å². The van der Waals surface area contributed by atoms with E-state index in [1.165, 1.54) is 11.1 Å². The van der Waals surface area contributed by atoms with Crippen molar-refractivity contribution in [2.45, 2.75) is 25.7 Å². The molecule has 1 aliphatic rings. The van der Waals surface area contributed by atoms with E-state index >= 15 is 0 Å². The SMILES string of the molecule is COc1cc(C(C)=O)ccc1OCCN1CCC(c2[nH]nc3cc(Cl)ccc23)CC1. The van der Waals surface area contributed by atoms with Gasteiger partial charge in [-0.05, 0) is 69.3 Å². The highest BCUT2D eigenvalue weighted by atomic mass is 35.5. The van der Waals surface area contributed by atoms with Crippen LogP contribution in [0.2, 0.25) is 5.02 Å². The van der Waals surface area contributed by atoms with Gasteiger partial charge in [-0.1, -0.05) is 11.6 Å². The van der Waals surface area contributed by atoms with Crippen LogP contribution in [-0.2, 0) is 0 Å². The first kappa shape index (κ1) is 20.7. The Labute approximate surface area is 181 Å². The van der Waals surface area contributed by atoms with Crippen molar-refractivity contribution in [3.8, 4) is 11.5 Å². The van der Waals surface area contributed by atoms with E-state index in [1.807, 2.05) is 12.1 Å². The number of carbonyl (C=O) groups excluding carboxylic acids is 1. The Hall–Kier alpha value is -2.57. The van der Waals surface area contributed by atoms with Crippen molar-refractivity contribution >= 4 is 28.3 Å². The highest BCUT2D eigenvalue weighted by Gasteiger charge is 2.23. The monoisotopic (exact) mass is 427 g/mol. The minimum atomic E-state index is 0.0101. The number of halogens is 1. The lowest BCUT2D eigenvalue weighted by molar-refractivity contribution is 0.101. The van der Waals surface area contributed by atoms with Gasteiger partial charge in [0.2, 0.25) is 0 Å². The smallest absolute Gasteiger partial charge is 0.161 e. The molecule has 1 aliphatic heterocycles. The number of aromatic amines is 1. The number of ketones is 1. The van der Waals surface area contributed by atoms with Crippen molar-refractivity contribution in [1.82, 2.24) is 15.1 Å². The van der Waals surface area contributed by atoms with Gasteiger partial charge in [0.05, 0.1) is 12.6 Å². The molecule has 0 amide bonds. The van der Waals surface area contributed by atoms with Gasteiger partial charge in [-0.15, -0.1) is 0 Å². The van der Waals surface area contributed by atoms with Gasteiger partial charge in [0.1, 0.15) is 6.61 Å². The third-order valence-corrected chi connectivity index (χ3v) is 6.01. The number of Topliss-reactive ketones (excluding diaryl/α,β-unsaturated/α-hetero) is 1. The Bertz CT molecular complexity index is 1040. The second-order valence-electron chi connectivity index (χ2n) is 7.68. The number of piperidine rings is 1. The molecule has 7 heteroatoms. The van der Waals surface area contributed by atoms with Crippen molar-refractivity contribution in [2.24, 2.45) is 0 Å². The first-order valence-corrected chi connectivity index (χ1v) is 10.6. The van der Waals surface area contributed by atoms with E-state index in [-0.39, 0.29) is 5.78 Å². The topological polar surface area (TPSA) is 67.5 Å². The van der Waals surface area contributed by atoms with Crippen molar-refractivity contribution in [3.63, 3.8) is 0 Å². The number of fused-ring (bicyclic) bond motifs is 1. The maximum Gasteiger partial charge on any atom is 0.161 e. The van der Waals surface area contributed by atoms with Crippen LogP contribution in [0.15, 0.2) is 36.4 Å². The number of nitrogens with zero attached hydrogens (tertiary/aromatic N) is 2. The standard InChI is InChI=1S/C23H26ClN3O3/c1-15(28)17-3-6-21(22(13-17)29-2)30-12-11-27-9-7-16(8-10-27)23-19-5-4-18(24)14-20(19)25-26-23/h3-6,13-14,16H,7-12H2,1-2H3,(H,25,26). The first-order valence-electron chi connectivity index (χ1n) is 10.2. The van der Waals surface area contributed by atoms with Crippen LogP contribution in [0.5, 0.6) is 11.5 Å². The van der Waals surface area contributed by atoms with Gasteiger partial charge >= 0.3 is 0 Å². The average molecular weight is 428 g/mol. The maximum absolute atomic E-state index is 11.5. The van der Waals surface area contributed by atoms with Crippen molar-refractivity contribution in [3.05, 3.63) is 52.7 Å². The minimum Gasteiger partial charge on any atom is -0.493 e. The van der Waals surface area contributed by atoms with E-state index in [9.17, 15) is 4.79 Å². The van der Waals surface area contributed by atoms with E-state index in [0.717, 1.165) is 38.0 Å². The third kappa shape index (κ3) is 4.45. The molecule has 2 heterocycles. The normalized spacial score (nSPS) is 15.4. The Morgan fingerprint density at radius 3 is 2.73 bits per heavy atom. The molecule has 2 aromatic carbocycles. The quantitative estimate of drug-likeness (QED) is 0.554. The average Bonchev–Trinajstić information content (AvgIpc) is 3.17. The Morgan fingerprint density at radius 1 is 1.20 bits per heavy atom. The third-order valence-electron chi connectivity index (χ3n) is 5.78. The van der Waals surface area contributed by atoms with Gasteiger partial charge in [0.25, 0.3) is 0 Å². The Kier molecular flexibility index (Phi) is 6.25. The fourth-order valence-electron chi connectivity index (χ4n) is 4.05. The summed E-state index contributed by atoms with van der Waals surface area (Å²) in [5.74, 6) is 1.75. The first-order chi connectivity index (χ1) is 14.5. The Morgan fingerprint density at radius 2 is 2.00 bits per heavy atom. The fraction of sp³-hybridized carbons (Fsp3) is 0.391. The van der Waals surface area contributed by atoms with E-state index in [2.05, 4.69) is 21.2 Å². The molecule has 6 nitrogen and oxygen atoms in total. The molecule has 0 radical (unpaired) electrons. The highest BCUT2D eigenvalue weighted by molar-refractivity contribution is 6.31. The number of likely N-dealkylation sites (tertiary alicyclic amines) is 1. The number of aromatic nitrogens is 2. The zero-order valence-electron chi connectivity index (χ0n) is 17.3. The van der Waals surface area contributed by atoms with Gasteiger partial charge in [-0.3, -0.25) is 14.8 Å². The van der Waals surface area contributed by atoms with Crippen LogP contribution in [0.4, 0.5) is 0 Å². The van der Waals surface area contributed by atoms with E-state index in [0.29, 0.717) is 34.6 Å². The summed E-state index contributed by atoms with van der Waals surface area (Å²) >= 11 is 6.07. The summed E-state index contributed by atoms with van der Waals surface area (Å²) in [4.78, 5) is 13.9. The van der Waals surface area contributed by atoms with Gasteiger partial charge in [0, 0.05) is 34.1 Å². The molecule has 158 valence electrons. The predicted octanol–water partition coefficient (Wildman–Crippen LogP) is 4.69. The lowest BCUT2D eigenvalue weighted by Crippen LogP contribution is -2.36. The summed E-state index contributed by atoms with van der Waals surface area (Å²) in [5, 5.41) is 9.52. The molecule has 1 fully saturated rings. The number of ether oxygens (including phenoxy) is 2. The second-order valence-corrected chi connectivity index (χ2v) is 8.12. The molecule has 4 rings (SSSR count). The molecule has 1 N–H and O–H groups in total. The number of benzene rings is 2. The molecule has 0 saturated carbocycles. The minimum absolute atomic E-state index is 0.0101. The van der Waals surface area contributed by atoms with Crippen molar-refractivity contribution in [1.29, 1.82) is 0 Å². The molecule has 0 aliphatic carbocycles. The maximum atomic E-state index is 11.5. The molecular formula is C23H26ClN3O3. The van der Waals surface area contributed by atoms with E-state index < -0.39 is 0 Å². The second kappa shape index (κ2) is 9.06. The van der Waals surface area contributed by atoms with Gasteiger partial charge < -0.3 is 9.47 Å². The van der Waals surface area contributed by atoms with Crippen molar-refractivity contribution < 1.29 is 14.3 Å². The lowest BCUT2D eigenvalue weighted by atomic mass is 9.91. The number of nitrogens with one attached hydrogen (secondary N) is 1.